The van der Waals surface area contributed by atoms with E-state index < -0.39 is 10.2 Å². The highest BCUT2D eigenvalue weighted by Crippen LogP contribution is 2.25. The van der Waals surface area contributed by atoms with E-state index in [1.54, 1.807) is 0 Å². The molecule has 6 nitrogen and oxygen atoms in total. The van der Waals surface area contributed by atoms with Gasteiger partial charge in [-0.3, -0.25) is 0 Å². The quantitative estimate of drug-likeness (QED) is 0.908. The number of rotatable bonds is 5. The zero-order valence-electron chi connectivity index (χ0n) is 11.6. The lowest BCUT2D eigenvalue weighted by Crippen LogP contribution is -2.35. The zero-order chi connectivity index (χ0) is 14.8. The van der Waals surface area contributed by atoms with Gasteiger partial charge in [-0.2, -0.15) is 17.4 Å². The third kappa shape index (κ3) is 3.06. The molecule has 1 N–H and O–H groups in total. The largest absolute Gasteiger partial charge is 0.356 e. The summed E-state index contributed by atoms with van der Waals surface area (Å²) in [6, 6.07) is 9.57. The van der Waals surface area contributed by atoms with Crippen LogP contribution in [0.2, 0.25) is 0 Å². The Bertz CT molecular complexity index is 678. The highest BCUT2D eigenvalue weighted by atomic mass is 32.2. The predicted octanol–water partition coefficient (Wildman–Crippen LogP) is 1.55. The van der Waals surface area contributed by atoms with Gasteiger partial charge in [0.1, 0.15) is 5.69 Å². The zero-order valence-corrected chi connectivity index (χ0v) is 12.4. The maximum atomic E-state index is 11.6. The third-order valence-corrected chi connectivity index (χ3v) is 4.43. The number of hydrogen-bond acceptors (Lipinski definition) is 4. The van der Waals surface area contributed by atoms with Crippen molar-refractivity contribution in [3.8, 4) is 11.3 Å². The SMILES string of the molecule is Cc1c(CNS(=O)(=O)N(C)C)noc1-c1ccccc1. The van der Waals surface area contributed by atoms with Crippen molar-refractivity contribution in [3.05, 3.63) is 41.6 Å². The Kier molecular flexibility index (Phi) is 4.22. The molecule has 1 heterocycles. The molecule has 2 aromatic rings. The highest BCUT2D eigenvalue weighted by molar-refractivity contribution is 7.87. The molecule has 0 fully saturated rings. The number of nitrogens with one attached hydrogen (secondary N) is 1. The van der Waals surface area contributed by atoms with Gasteiger partial charge in [-0.05, 0) is 6.92 Å². The molecule has 0 saturated heterocycles. The summed E-state index contributed by atoms with van der Waals surface area (Å²) in [5.41, 5.74) is 2.33. The molecule has 0 aliphatic carbocycles. The van der Waals surface area contributed by atoms with E-state index in [-0.39, 0.29) is 6.54 Å². The summed E-state index contributed by atoms with van der Waals surface area (Å²) in [5.74, 6) is 0.657. The second kappa shape index (κ2) is 5.74. The lowest BCUT2D eigenvalue weighted by atomic mass is 10.1. The number of aromatic nitrogens is 1. The van der Waals surface area contributed by atoms with Crippen LogP contribution in [0.4, 0.5) is 0 Å². The summed E-state index contributed by atoms with van der Waals surface area (Å²) < 4.78 is 32.2. The molecule has 108 valence electrons. The first kappa shape index (κ1) is 14.7. The van der Waals surface area contributed by atoms with Gasteiger partial charge in [-0.1, -0.05) is 35.5 Å². The molecule has 0 unspecified atom stereocenters. The highest BCUT2D eigenvalue weighted by Gasteiger charge is 2.17. The van der Waals surface area contributed by atoms with E-state index in [1.807, 2.05) is 37.3 Å². The Labute approximate surface area is 118 Å². The van der Waals surface area contributed by atoms with E-state index in [4.69, 9.17) is 4.52 Å². The van der Waals surface area contributed by atoms with Crippen LogP contribution in [0.5, 0.6) is 0 Å². The Morgan fingerprint density at radius 3 is 2.50 bits per heavy atom. The number of hydrogen-bond donors (Lipinski definition) is 1. The molecule has 0 atom stereocenters. The van der Waals surface area contributed by atoms with E-state index in [0.717, 1.165) is 15.4 Å². The predicted molar refractivity (Wildman–Crippen MR) is 76.1 cm³/mol. The van der Waals surface area contributed by atoms with Crippen LogP contribution in [-0.4, -0.2) is 32.0 Å². The molecular weight excluding hydrogens is 278 g/mol. The van der Waals surface area contributed by atoms with Crippen LogP contribution in [0.3, 0.4) is 0 Å². The van der Waals surface area contributed by atoms with Gasteiger partial charge < -0.3 is 4.52 Å². The number of nitrogens with zero attached hydrogens (tertiary/aromatic N) is 2. The van der Waals surface area contributed by atoms with Crippen molar-refractivity contribution in [2.24, 2.45) is 0 Å². The first-order chi connectivity index (χ1) is 9.42. The van der Waals surface area contributed by atoms with Crippen LogP contribution in [-0.2, 0) is 16.8 Å². The summed E-state index contributed by atoms with van der Waals surface area (Å²) in [5, 5.41) is 3.93. The fraction of sp³-hybridized carbons (Fsp3) is 0.308. The molecule has 20 heavy (non-hydrogen) atoms. The van der Waals surface area contributed by atoms with Crippen LogP contribution < -0.4 is 4.72 Å². The molecule has 0 aliphatic rings. The van der Waals surface area contributed by atoms with Gasteiger partial charge in [0.15, 0.2) is 5.76 Å². The molecule has 2 rings (SSSR count). The Balaban J connectivity index is 2.19. The van der Waals surface area contributed by atoms with Gasteiger partial charge >= 0.3 is 0 Å². The molecule has 0 aliphatic heterocycles. The minimum atomic E-state index is -3.47. The fourth-order valence-corrected chi connectivity index (χ4v) is 2.26. The van der Waals surface area contributed by atoms with Crippen molar-refractivity contribution < 1.29 is 12.9 Å². The van der Waals surface area contributed by atoms with Crippen molar-refractivity contribution in [2.75, 3.05) is 14.1 Å². The Morgan fingerprint density at radius 1 is 1.25 bits per heavy atom. The van der Waals surface area contributed by atoms with Crippen LogP contribution in [0.25, 0.3) is 11.3 Å². The topological polar surface area (TPSA) is 75.4 Å². The van der Waals surface area contributed by atoms with Crippen molar-refractivity contribution in [1.82, 2.24) is 14.2 Å². The van der Waals surface area contributed by atoms with Crippen molar-refractivity contribution in [2.45, 2.75) is 13.5 Å². The number of benzene rings is 1. The molecule has 1 aromatic heterocycles. The second-order valence-corrected chi connectivity index (χ2v) is 6.53. The maximum Gasteiger partial charge on any atom is 0.279 e. The van der Waals surface area contributed by atoms with Gasteiger partial charge in [-0.25, -0.2) is 0 Å². The van der Waals surface area contributed by atoms with Crippen LogP contribution >= 0.6 is 0 Å². The summed E-state index contributed by atoms with van der Waals surface area (Å²) >= 11 is 0. The molecule has 0 bridgehead atoms. The second-order valence-electron chi connectivity index (χ2n) is 4.56. The average Bonchev–Trinajstić information content (AvgIpc) is 2.79. The van der Waals surface area contributed by atoms with Crippen molar-refractivity contribution in [1.29, 1.82) is 0 Å². The van der Waals surface area contributed by atoms with E-state index in [9.17, 15) is 8.42 Å². The molecule has 0 amide bonds. The van der Waals surface area contributed by atoms with Gasteiger partial charge in [0, 0.05) is 25.2 Å². The van der Waals surface area contributed by atoms with Gasteiger partial charge in [-0.15, -0.1) is 0 Å². The normalized spacial score (nSPS) is 12.0. The smallest absolute Gasteiger partial charge is 0.279 e. The van der Waals surface area contributed by atoms with E-state index >= 15 is 0 Å². The molecule has 1 aromatic carbocycles. The third-order valence-electron chi connectivity index (χ3n) is 2.96. The van der Waals surface area contributed by atoms with Gasteiger partial charge in [0.2, 0.25) is 0 Å². The first-order valence-corrected chi connectivity index (χ1v) is 7.53. The Hall–Kier alpha value is -1.70. The fourth-order valence-electron chi connectivity index (χ4n) is 1.68. The van der Waals surface area contributed by atoms with Gasteiger partial charge in [0.05, 0.1) is 6.54 Å². The molecule has 0 radical (unpaired) electrons. The van der Waals surface area contributed by atoms with E-state index in [0.29, 0.717) is 11.5 Å². The summed E-state index contributed by atoms with van der Waals surface area (Å²) in [6.45, 7) is 1.96. The van der Waals surface area contributed by atoms with E-state index in [1.165, 1.54) is 14.1 Å². The minimum Gasteiger partial charge on any atom is -0.356 e. The van der Waals surface area contributed by atoms with Crippen molar-refractivity contribution >= 4 is 10.2 Å². The summed E-state index contributed by atoms with van der Waals surface area (Å²) in [7, 11) is -0.536. The molecule has 0 spiro atoms. The maximum absolute atomic E-state index is 11.6. The summed E-state index contributed by atoms with van der Waals surface area (Å²) in [4.78, 5) is 0. The summed E-state index contributed by atoms with van der Waals surface area (Å²) in [6.07, 6.45) is 0. The lowest BCUT2D eigenvalue weighted by Gasteiger charge is -2.11. The van der Waals surface area contributed by atoms with Crippen molar-refractivity contribution in [3.63, 3.8) is 0 Å². The van der Waals surface area contributed by atoms with Crippen LogP contribution in [0.1, 0.15) is 11.3 Å². The van der Waals surface area contributed by atoms with Crippen LogP contribution in [0.15, 0.2) is 34.9 Å². The molecular formula is C13H17N3O3S. The first-order valence-electron chi connectivity index (χ1n) is 6.09. The standard InChI is InChI=1S/C13H17N3O3S/c1-10-12(9-14-20(17,18)16(2)3)15-19-13(10)11-7-5-4-6-8-11/h4-8,14H,9H2,1-3H3. The molecule has 7 heteroatoms. The average molecular weight is 295 g/mol. The minimum absolute atomic E-state index is 0.0999. The monoisotopic (exact) mass is 295 g/mol. The van der Waals surface area contributed by atoms with Gasteiger partial charge in [0.25, 0.3) is 10.2 Å². The van der Waals surface area contributed by atoms with Crippen LogP contribution in [0, 0.1) is 6.92 Å². The Morgan fingerprint density at radius 2 is 1.90 bits per heavy atom. The molecule has 0 saturated carbocycles. The lowest BCUT2D eigenvalue weighted by molar-refractivity contribution is 0.421. The van der Waals surface area contributed by atoms with E-state index in [2.05, 4.69) is 9.88 Å².